The number of aliphatic imine (C=N–C) groups is 1. The summed E-state index contributed by atoms with van der Waals surface area (Å²) in [5, 5.41) is 9.47. The zero-order valence-corrected chi connectivity index (χ0v) is 12.0. The number of hydrogen-bond donors (Lipinski definition) is 0. The molecule has 0 aromatic carbocycles. The second-order valence-electron chi connectivity index (χ2n) is 5.55. The minimum absolute atomic E-state index is 0.115. The molecule has 0 radical (unpaired) electrons. The van der Waals surface area contributed by atoms with Gasteiger partial charge in [0.05, 0.1) is 23.6 Å². The number of pyridine rings is 1. The van der Waals surface area contributed by atoms with Gasteiger partial charge in [0.2, 0.25) is 0 Å². The molecule has 0 N–H and O–H groups in total. The van der Waals surface area contributed by atoms with Crippen LogP contribution in [0, 0.1) is 18.3 Å². The Morgan fingerprint density at radius 1 is 1.23 bits per heavy atom. The van der Waals surface area contributed by atoms with Crippen molar-refractivity contribution in [3.8, 4) is 6.07 Å². The molecule has 106 valence electrons. The number of aromatic nitrogens is 1. The lowest BCUT2D eigenvalue weighted by molar-refractivity contribution is 0.188. The average molecular weight is 287 g/mol. The molecule has 0 amide bonds. The van der Waals surface area contributed by atoms with Crippen LogP contribution < -0.4 is 0 Å². The van der Waals surface area contributed by atoms with Crippen molar-refractivity contribution >= 4 is 6.21 Å². The molecule has 2 atom stereocenters. The molecule has 4 heteroatoms. The molecule has 4 nitrogen and oxygen atoms in total. The van der Waals surface area contributed by atoms with Crippen molar-refractivity contribution in [3.63, 3.8) is 0 Å². The lowest BCUT2D eigenvalue weighted by Gasteiger charge is -2.34. The Labute approximate surface area is 128 Å². The molecule has 1 aromatic rings. The molecule has 3 aliphatic rings. The Balaban J connectivity index is 1.86. The molecule has 2 aliphatic heterocycles. The van der Waals surface area contributed by atoms with Crippen molar-refractivity contribution in [2.75, 3.05) is 0 Å². The largest absolute Gasteiger partial charge is 0.488 e. The average Bonchev–Trinajstić information content (AvgIpc) is 3.02. The van der Waals surface area contributed by atoms with Crippen LogP contribution in [0.25, 0.3) is 0 Å². The van der Waals surface area contributed by atoms with E-state index >= 15 is 0 Å². The summed E-state index contributed by atoms with van der Waals surface area (Å²) in [7, 11) is 0. The number of nitriles is 1. The summed E-state index contributed by atoms with van der Waals surface area (Å²) >= 11 is 0. The van der Waals surface area contributed by atoms with Crippen molar-refractivity contribution in [3.05, 3.63) is 76.5 Å². The predicted octanol–water partition coefficient (Wildman–Crippen LogP) is 3.11. The summed E-state index contributed by atoms with van der Waals surface area (Å²) in [5.74, 6) is -0.115. The van der Waals surface area contributed by atoms with Gasteiger partial charge in [0.1, 0.15) is 6.10 Å². The minimum atomic E-state index is -0.176. The first kappa shape index (κ1) is 12.8. The zero-order valence-electron chi connectivity index (χ0n) is 12.0. The Hall–Kier alpha value is -2.93. The van der Waals surface area contributed by atoms with Gasteiger partial charge in [-0.25, -0.2) is 0 Å². The molecule has 2 unspecified atom stereocenters. The van der Waals surface area contributed by atoms with Gasteiger partial charge in [-0.1, -0.05) is 12.1 Å². The second kappa shape index (κ2) is 4.81. The lowest BCUT2D eigenvalue weighted by atomic mass is 9.77. The summed E-state index contributed by atoms with van der Waals surface area (Å²) in [6, 6.07) is 4.34. The van der Waals surface area contributed by atoms with Gasteiger partial charge in [0, 0.05) is 30.1 Å². The van der Waals surface area contributed by atoms with Gasteiger partial charge >= 0.3 is 0 Å². The number of rotatable bonds is 1. The van der Waals surface area contributed by atoms with E-state index < -0.39 is 0 Å². The Morgan fingerprint density at radius 3 is 2.95 bits per heavy atom. The van der Waals surface area contributed by atoms with E-state index in [-0.39, 0.29) is 12.0 Å². The van der Waals surface area contributed by atoms with Crippen molar-refractivity contribution in [1.82, 2.24) is 4.98 Å². The number of fused-ring (bicyclic) bond motifs is 3. The molecule has 0 spiro atoms. The number of allylic oxidation sites excluding steroid dienone is 4. The van der Waals surface area contributed by atoms with Crippen LogP contribution in [-0.2, 0) is 4.74 Å². The third-order valence-electron chi connectivity index (χ3n) is 4.12. The first-order chi connectivity index (χ1) is 10.8. The van der Waals surface area contributed by atoms with Gasteiger partial charge in [-0.05, 0) is 35.8 Å². The molecule has 0 saturated carbocycles. The molecule has 1 aromatic heterocycles. The molecule has 1 aliphatic carbocycles. The maximum Gasteiger partial charge on any atom is 0.147 e. The summed E-state index contributed by atoms with van der Waals surface area (Å²) in [6.07, 6.45) is 12.8. The van der Waals surface area contributed by atoms with Crippen molar-refractivity contribution in [1.29, 1.82) is 5.26 Å². The smallest absolute Gasteiger partial charge is 0.147 e. The van der Waals surface area contributed by atoms with Gasteiger partial charge in [-0.3, -0.25) is 9.98 Å². The van der Waals surface area contributed by atoms with E-state index in [1.165, 1.54) is 0 Å². The van der Waals surface area contributed by atoms with Crippen LogP contribution in [0.5, 0.6) is 0 Å². The third kappa shape index (κ3) is 1.83. The number of hydrogen-bond acceptors (Lipinski definition) is 4. The van der Waals surface area contributed by atoms with E-state index in [2.05, 4.69) is 22.1 Å². The fraction of sp³-hybridized carbons (Fsp3) is 0.167. The van der Waals surface area contributed by atoms with Gasteiger partial charge in [-0.15, -0.1) is 0 Å². The van der Waals surface area contributed by atoms with E-state index in [1.54, 1.807) is 12.5 Å². The van der Waals surface area contributed by atoms with Crippen LogP contribution in [0.15, 0.2) is 70.4 Å². The van der Waals surface area contributed by atoms with Crippen LogP contribution in [0.2, 0.25) is 0 Å². The summed E-state index contributed by atoms with van der Waals surface area (Å²) in [4.78, 5) is 8.59. The van der Waals surface area contributed by atoms with Gasteiger partial charge < -0.3 is 4.74 Å². The monoisotopic (exact) mass is 287 g/mol. The second-order valence-corrected chi connectivity index (χ2v) is 5.55. The summed E-state index contributed by atoms with van der Waals surface area (Å²) in [6.45, 7) is 2.00. The molecule has 22 heavy (non-hydrogen) atoms. The number of ether oxygens (including phenoxy) is 1. The molecular weight excluding hydrogens is 274 g/mol. The number of aryl methyl sites for hydroxylation is 1. The summed E-state index contributed by atoms with van der Waals surface area (Å²) < 4.78 is 5.82. The highest BCUT2D eigenvalue weighted by molar-refractivity contribution is 5.81. The standard InChI is InChI=1S/C18H13N3O/c1-11-6-12(9-20-8-11)17-13(7-19)10-22-18-14-4-5-21-16(14)3-2-15(17)18/h2-6,8-10,17-18H,1H3. The van der Waals surface area contributed by atoms with Crippen LogP contribution in [0.1, 0.15) is 17.0 Å². The van der Waals surface area contributed by atoms with Gasteiger partial charge in [0.15, 0.2) is 0 Å². The normalized spacial score (nSPS) is 24.9. The fourth-order valence-corrected chi connectivity index (χ4v) is 3.15. The van der Waals surface area contributed by atoms with Crippen molar-refractivity contribution in [2.45, 2.75) is 18.9 Å². The third-order valence-corrected chi connectivity index (χ3v) is 4.12. The molecule has 0 saturated heterocycles. The van der Waals surface area contributed by atoms with E-state index in [1.807, 2.05) is 37.5 Å². The maximum atomic E-state index is 9.47. The van der Waals surface area contributed by atoms with Crippen molar-refractivity contribution < 1.29 is 4.74 Å². The highest BCUT2D eigenvalue weighted by Gasteiger charge is 2.37. The molecule has 3 heterocycles. The van der Waals surface area contributed by atoms with Crippen LogP contribution >= 0.6 is 0 Å². The zero-order chi connectivity index (χ0) is 15.1. The maximum absolute atomic E-state index is 9.47. The van der Waals surface area contributed by atoms with E-state index in [0.717, 1.165) is 28.0 Å². The predicted molar refractivity (Wildman–Crippen MR) is 83.0 cm³/mol. The Kier molecular flexibility index (Phi) is 2.80. The van der Waals surface area contributed by atoms with E-state index in [9.17, 15) is 5.26 Å². The minimum Gasteiger partial charge on any atom is -0.488 e. The van der Waals surface area contributed by atoms with E-state index in [0.29, 0.717) is 5.57 Å². The van der Waals surface area contributed by atoms with Gasteiger partial charge in [0.25, 0.3) is 0 Å². The first-order valence-electron chi connectivity index (χ1n) is 7.11. The SMILES string of the molecule is Cc1cncc(C2C(C#N)=COC3C4=CC=NC4=CC=C32)c1. The first-order valence-corrected chi connectivity index (χ1v) is 7.11. The highest BCUT2D eigenvalue weighted by atomic mass is 16.5. The van der Waals surface area contributed by atoms with Crippen molar-refractivity contribution in [2.24, 2.45) is 4.99 Å². The number of nitrogens with zero attached hydrogens (tertiary/aromatic N) is 3. The highest BCUT2D eigenvalue weighted by Crippen LogP contribution is 2.44. The fourth-order valence-electron chi connectivity index (χ4n) is 3.15. The van der Waals surface area contributed by atoms with Gasteiger partial charge in [-0.2, -0.15) is 5.26 Å². The Bertz CT molecular complexity index is 849. The molecule has 0 fully saturated rings. The molecular formula is C18H13N3O. The molecule has 4 rings (SSSR count). The van der Waals surface area contributed by atoms with Crippen LogP contribution in [-0.4, -0.2) is 17.3 Å². The van der Waals surface area contributed by atoms with E-state index in [4.69, 9.17) is 4.74 Å². The van der Waals surface area contributed by atoms with Crippen LogP contribution in [0.4, 0.5) is 0 Å². The summed E-state index contributed by atoms with van der Waals surface area (Å²) in [5.41, 5.74) is 5.75. The topological polar surface area (TPSA) is 58.3 Å². The van der Waals surface area contributed by atoms with Crippen LogP contribution in [0.3, 0.4) is 0 Å². The molecule has 0 bridgehead atoms. The Morgan fingerprint density at radius 2 is 2.14 bits per heavy atom. The lowest BCUT2D eigenvalue weighted by Crippen LogP contribution is -2.28. The quantitative estimate of drug-likeness (QED) is 0.797.